The Kier molecular flexibility index (Phi) is 3.79. The van der Waals surface area contributed by atoms with Crippen LogP contribution in [0.1, 0.15) is 37.8 Å². The molecular weight excluding hydrogens is 214 g/mol. The van der Waals surface area contributed by atoms with Crippen molar-refractivity contribution in [2.45, 2.75) is 38.3 Å². The zero-order chi connectivity index (χ0) is 12.3. The smallest absolute Gasteiger partial charge is 0.325 e. The van der Waals surface area contributed by atoms with Crippen LogP contribution in [0, 0.1) is 0 Å². The third-order valence-corrected chi connectivity index (χ3v) is 3.54. The van der Waals surface area contributed by atoms with Gasteiger partial charge in [0.2, 0.25) is 0 Å². The zero-order valence-corrected chi connectivity index (χ0v) is 10.2. The van der Waals surface area contributed by atoms with Crippen LogP contribution >= 0.6 is 0 Å². The monoisotopic (exact) mass is 233 g/mol. The van der Waals surface area contributed by atoms with Crippen LogP contribution < -0.4 is 0 Å². The largest absolute Gasteiger partial charge is 0.480 e. The summed E-state index contributed by atoms with van der Waals surface area (Å²) in [6.07, 6.45) is 3.40. The molecule has 1 aliphatic heterocycles. The van der Waals surface area contributed by atoms with Gasteiger partial charge in [-0.3, -0.25) is 9.69 Å². The third-order valence-electron chi connectivity index (χ3n) is 3.54. The van der Waals surface area contributed by atoms with E-state index in [0.717, 1.165) is 24.9 Å². The fourth-order valence-corrected chi connectivity index (χ4v) is 2.62. The van der Waals surface area contributed by atoms with Crippen molar-refractivity contribution < 1.29 is 9.90 Å². The fraction of sp³-hybridized carbons (Fsp3) is 0.500. The minimum absolute atomic E-state index is 0.352. The molecule has 0 aromatic heterocycles. The Balaban J connectivity index is 2.26. The summed E-state index contributed by atoms with van der Waals surface area (Å²) in [4.78, 5) is 13.6. The Hall–Kier alpha value is -1.35. The van der Waals surface area contributed by atoms with Gasteiger partial charge < -0.3 is 5.11 Å². The molecule has 2 rings (SSSR count). The number of carboxylic acid groups (broad SMARTS) is 1. The van der Waals surface area contributed by atoms with Crippen molar-refractivity contribution in [3.63, 3.8) is 0 Å². The number of piperidine rings is 1. The molecule has 0 spiro atoms. The SMILES string of the molecule is C[C@@H]1CCCCN1[C@@H](C(=O)O)c1ccccc1. The number of carbonyl (C=O) groups is 1. The van der Waals surface area contributed by atoms with E-state index >= 15 is 0 Å². The summed E-state index contributed by atoms with van der Waals surface area (Å²) in [5, 5.41) is 9.46. The molecule has 2 atom stereocenters. The number of hydrogen-bond donors (Lipinski definition) is 1. The Labute approximate surface area is 102 Å². The Bertz CT molecular complexity index is 377. The normalized spacial score (nSPS) is 23.2. The lowest BCUT2D eigenvalue weighted by molar-refractivity contribution is -0.145. The molecule has 0 radical (unpaired) electrons. The molecule has 0 unspecified atom stereocenters. The molecule has 1 aromatic carbocycles. The molecule has 0 aliphatic carbocycles. The lowest BCUT2D eigenvalue weighted by Gasteiger charge is -2.37. The quantitative estimate of drug-likeness (QED) is 0.872. The van der Waals surface area contributed by atoms with Gasteiger partial charge in [0.1, 0.15) is 6.04 Å². The number of likely N-dealkylation sites (tertiary alicyclic amines) is 1. The first-order chi connectivity index (χ1) is 8.20. The zero-order valence-electron chi connectivity index (χ0n) is 10.2. The predicted molar refractivity (Wildman–Crippen MR) is 66.8 cm³/mol. The molecule has 3 heteroatoms. The van der Waals surface area contributed by atoms with Gasteiger partial charge in [0.05, 0.1) is 0 Å². The first kappa shape index (κ1) is 12.1. The lowest BCUT2D eigenvalue weighted by atomic mass is 9.97. The summed E-state index contributed by atoms with van der Waals surface area (Å²) in [5.74, 6) is -0.745. The van der Waals surface area contributed by atoms with Crippen LogP contribution in [-0.4, -0.2) is 28.6 Å². The van der Waals surface area contributed by atoms with Crippen LogP contribution in [0.15, 0.2) is 30.3 Å². The molecular formula is C14H19NO2. The molecule has 3 nitrogen and oxygen atoms in total. The van der Waals surface area contributed by atoms with E-state index in [1.165, 1.54) is 6.42 Å². The van der Waals surface area contributed by atoms with E-state index in [0.29, 0.717) is 6.04 Å². The van der Waals surface area contributed by atoms with E-state index in [9.17, 15) is 9.90 Å². The molecule has 1 heterocycles. The maximum atomic E-state index is 11.5. The van der Waals surface area contributed by atoms with Crippen molar-refractivity contribution in [3.8, 4) is 0 Å². The van der Waals surface area contributed by atoms with Gasteiger partial charge >= 0.3 is 5.97 Å². The van der Waals surface area contributed by atoms with Crippen LogP contribution in [-0.2, 0) is 4.79 Å². The minimum atomic E-state index is -0.745. The van der Waals surface area contributed by atoms with Crippen molar-refractivity contribution >= 4 is 5.97 Å². The summed E-state index contributed by atoms with van der Waals surface area (Å²) in [6.45, 7) is 3.01. The van der Waals surface area contributed by atoms with Gasteiger partial charge in [-0.25, -0.2) is 0 Å². The van der Waals surface area contributed by atoms with Crippen LogP contribution in [0.3, 0.4) is 0 Å². The van der Waals surface area contributed by atoms with Gasteiger partial charge in [0.15, 0.2) is 0 Å². The molecule has 0 bridgehead atoms. The maximum absolute atomic E-state index is 11.5. The highest BCUT2D eigenvalue weighted by Crippen LogP contribution is 2.28. The third kappa shape index (κ3) is 2.67. The topological polar surface area (TPSA) is 40.5 Å². The van der Waals surface area contributed by atoms with Crippen molar-refractivity contribution in [2.24, 2.45) is 0 Å². The number of nitrogens with zero attached hydrogens (tertiary/aromatic N) is 1. The molecule has 0 saturated carbocycles. The predicted octanol–water partition coefficient (Wildman–Crippen LogP) is 2.69. The molecule has 1 saturated heterocycles. The highest BCUT2D eigenvalue weighted by Gasteiger charge is 2.31. The Morgan fingerprint density at radius 3 is 2.65 bits per heavy atom. The average molecular weight is 233 g/mol. The van der Waals surface area contributed by atoms with Crippen LogP contribution in [0.25, 0.3) is 0 Å². The van der Waals surface area contributed by atoms with Gasteiger partial charge in [-0.05, 0) is 31.9 Å². The number of hydrogen-bond acceptors (Lipinski definition) is 2. The second-order valence-electron chi connectivity index (χ2n) is 4.73. The van der Waals surface area contributed by atoms with Crippen molar-refractivity contribution in [1.82, 2.24) is 4.90 Å². The summed E-state index contributed by atoms with van der Waals surface area (Å²) < 4.78 is 0. The standard InChI is InChI=1S/C14H19NO2/c1-11-7-5-6-10-15(11)13(14(16)17)12-8-3-2-4-9-12/h2-4,8-9,11,13H,5-7,10H2,1H3,(H,16,17)/t11-,13-/m1/s1. The summed E-state index contributed by atoms with van der Waals surface area (Å²) in [7, 11) is 0. The fourth-order valence-electron chi connectivity index (χ4n) is 2.62. The number of benzene rings is 1. The first-order valence-electron chi connectivity index (χ1n) is 6.23. The molecule has 17 heavy (non-hydrogen) atoms. The number of carboxylic acids is 1. The first-order valence-corrected chi connectivity index (χ1v) is 6.23. The van der Waals surface area contributed by atoms with E-state index in [-0.39, 0.29) is 0 Å². The molecule has 0 amide bonds. The summed E-state index contributed by atoms with van der Waals surface area (Å²) in [5.41, 5.74) is 0.883. The van der Waals surface area contributed by atoms with E-state index in [1.54, 1.807) is 0 Å². The van der Waals surface area contributed by atoms with Gasteiger partial charge in [-0.2, -0.15) is 0 Å². The molecule has 1 aliphatic rings. The average Bonchev–Trinajstić information content (AvgIpc) is 2.33. The van der Waals surface area contributed by atoms with Crippen LogP contribution in [0.2, 0.25) is 0 Å². The van der Waals surface area contributed by atoms with Gasteiger partial charge in [-0.15, -0.1) is 0 Å². The highest BCUT2D eigenvalue weighted by molar-refractivity contribution is 5.75. The molecule has 1 aromatic rings. The highest BCUT2D eigenvalue weighted by atomic mass is 16.4. The van der Waals surface area contributed by atoms with E-state index in [2.05, 4.69) is 11.8 Å². The van der Waals surface area contributed by atoms with Gasteiger partial charge in [0, 0.05) is 6.04 Å². The Morgan fingerprint density at radius 2 is 2.06 bits per heavy atom. The summed E-state index contributed by atoms with van der Waals surface area (Å²) >= 11 is 0. The van der Waals surface area contributed by atoms with E-state index in [1.807, 2.05) is 30.3 Å². The van der Waals surface area contributed by atoms with E-state index in [4.69, 9.17) is 0 Å². The second kappa shape index (κ2) is 5.32. The Morgan fingerprint density at radius 1 is 1.35 bits per heavy atom. The molecule has 1 N–H and O–H groups in total. The van der Waals surface area contributed by atoms with E-state index < -0.39 is 12.0 Å². The second-order valence-corrected chi connectivity index (χ2v) is 4.73. The van der Waals surface area contributed by atoms with Crippen molar-refractivity contribution in [1.29, 1.82) is 0 Å². The summed E-state index contributed by atoms with van der Waals surface area (Å²) in [6, 6.07) is 9.39. The number of rotatable bonds is 3. The molecule has 92 valence electrons. The van der Waals surface area contributed by atoms with Crippen LogP contribution in [0.5, 0.6) is 0 Å². The lowest BCUT2D eigenvalue weighted by Crippen LogP contribution is -2.43. The molecule has 1 fully saturated rings. The van der Waals surface area contributed by atoms with Crippen LogP contribution in [0.4, 0.5) is 0 Å². The van der Waals surface area contributed by atoms with Gasteiger partial charge in [0.25, 0.3) is 0 Å². The van der Waals surface area contributed by atoms with Gasteiger partial charge in [-0.1, -0.05) is 36.8 Å². The van der Waals surface area contributed by atoms with Crippen molar-refractivity contribution in [2.75, 3.05) is 6.54 Å². The van der Waals surface area contributed by atoms with Crippen molar-refractivity contribution in [3.05, 3.63) is 35.9 Å². The minimum Gasteiger partial charge on any atom is -0.480 e. The maximum Gasteiger partial charge on any atom is 0.325 e. The number of aliphatic carboxylic acids is 1.